The van der Waals surface area contributed by atoms with E-state index >= 15 is 0 Å². The third-order valence-electron chi connectivity index (χ3n) is 3.59. The van der Waals surface area contributed by atoms with Crippen LogP contribution in [0.4, 0.5) is 10.2 Å². The fourth-order valence-electron chi connectivity index (χ4n) is 2.69. The van der Waals surface area contributed by atoms with E-state index in [2.05, 4.69) is 4.98 Å². The Labute approximate surface area is 104 Å². The number of nitrogens with two attached hydrogens (primary N) is 1. The molecule has 18 heavy (non-hydrogen) atoms. The number of anilines is 1. The van der Waals surface area contributed by atoms with Crippen molar-refractivity contribution in [1.29, 1.82) is 0 Å². The second kappa shape index (κ2) is 3.78. The van der Waals surface area contributed by atoms with Gasteiger partial charge in [0.05, 0.1) is 0 Å². The minimum atomic E-state index is -1.23. The molecule has 1 aromatic carbocycles. The lowest BCUT2D eigenvalue weighted by molar-refractivity contribution is 0.0834. The van der Waals surface area contributed by atoms with E-state index in [1.165, 1.54) is 6.07 Å². The standard InChI is InChI=1S/C14H13FN2O/c15-12-5-1-3-10-9(12)6-7-14(10,18)11-4-2-8-17-13(11)16/h1-5,8,18H,6-7H2,(H2,16,17). The maximum atomic E-state index is 13.7. The van der Waals surface area contributed by atoms with Gasteiger partial charge in [0.25, 0.3) is 0 Å². The first kappa shape index (κ1) is 11.2. The van der Waals surface area contributed by atoms with Crippen LogP contribution < -0.4 is 5.73 Å². The first-order valence-corrected chi connectivity index (χ1v) is 5.84. The van der Waals surface area contributed by atoms with Gasteiger partial charge < -0.3 is 10.8 Å². The molecule has 1 heterocycles. The van der Waals surface area contributed by atoms with Crippen LogP contribution >= 0.6 is 0 Å². The van der Waals surface area contributed by atoms with Crippen LogP contribution in [0.15, 0.2) is 36.5 Å². The molecule has 92 valence electrons. The van der Waals surface area contributed by atoms with Gasteiger partial charge in [-0.05, 0) is 36.1 Å². The highest BCUT2D eigenvalue weighted by Crippen LogP contribution is 2.44. The number of nitrogen functional groups attached to an aromatic ring is 1. The molecule has 0 spiro atoms. The van der Waals surface area contributed by atoms with Gasteiger partial charge in [0.2, 0.25) is 0 Å². The minimum Gasteiger partial charge on any atom is -0.383 e. The van der Waals surface area contributed by atoms with E-state index in [9.17, 15) is 9.50 Å². The molecule has 3 rings (SSSR count). The third-order valence-corrected chi connectivity index (χ3v) is 3.59. The van der Waals surface area contributed by atoms with Crippen LogP contribution in [-0.4, -0.2) is 10.1 Å². The number of aliphatic hydroxyl groups is 1. The number of hydrogen-bond donors (Lipinski definition) is 2. The first-order chi connectivity index (χ1) is 8.63. The zero-order valence-electron chi connectivity index (χ0n) is 9.73. The summed E-state index contributed by atoms with van der Waals surface area (Å²) in [5.41, 5.74) is 6.31. The van der Waals surface area contributed by atoms with Crippen LogP contribution in [0.5, 0.6) is 0 Å². The number of pyridine rings is 1. The Morgan fingerprint density at radius 3 is 2.78 bits per heavy atom. The average Bonchev–Trinajstić information content (AvgIpc) is 2.70. The Bertz CT molecular complexity index is 614. The Morgan fingerprint density at radius 1 is 1.22 bits per heavy atom. The molecule has 0 fully saturated rings. The highest BCUT2D eigenvalue weighted by atomic mass is 19.1. The Morgan fingerprint density at radius 2 is 2.00 bits per heavy atom. The molecule has 1 aliphatic carbocycles. The summed E-state index contributed by atoms with van der Waals surface area (Å²) in [4.78, 5) is 3.99. The number of nitrogens with zero attached hydrogens (tertiary/aromatic N) is 1. The summed E-state index contributed by atoms with van der Waals surface area (Å²) in [6.45, 7) is 0. The molecule has 1 unspecified atom stereocenters. The van der Waals surface area contributed by atoms with Crippen molar-refractivity contribution in [2.75, 3.05) is 5.73 Å². The zero-order chi connectivity index (χ0) is 12.8. The van der Waals surface area contributed by atoms with Crippen LogP contribution in [-0.2, 0) is 12.0 Å². The van der Waals surface area contributed by atoms with Crippen molar-refractivity contribution in [2.45, 2.75) is 18.4 Å². The van der Waals surface area contributed by atoms with Crippen molar-refractivity contribution >= 4 is 5.82 Å². The van der Waals surface area contributed by atoms with Gasteiger partial charge in [0.15, 0.2) is 0 Å². The first-order valence-electron chi connectivity index (χ1n) is 5.84. The van der Waals surface area contributed by atoms with Crippen molar-refractivity contribution in [2.24, 2.45) is 0 Å². The number of halogens is 1. The van der Waals surface area contributed by atoms with Gasteiger partial charge in [-0.25, -0.2) is 9.37 Å². The van der Waals surface area contributed by atoms with E-state index in [0.717, 1.165) is 0 Å². The maximum Gasteiger partial charge on any atom is 0.129 e. The molecule has 2 aromatic rings. The third kappa shape index (κ3) is 1.42. The van der Waals surface area contributed by atoms with E-state index < -0.39 is 5.60 Å². The minimum absolute atomic E-state index is 0.272. The highest BCUT2D eigenvalue weighted by Gasteiger charge is 2.40. The highest BCUT2D eigenvalue weighted by molar-refractivity contribution is 5.52. The smallest absolute Gasteiger partial charge is 0.129 e. The van der Waals surface area contributed by atoms with Crippen molar-refractivity contribution in [3.63, 3.8) is 0 Å². The van der Waals surface area contributed by atoms with Gasteiger partial charge in [-0.1, -0.05) is 18.2 Å². The molecule has 0 radical (unpaired) electrons. The molecule has 0 aliphatic heterocycles. The van der Waals surface area contributed by atoms with Crippen LogP contribution in [0.2, 0.25) is 0 Å². The van der Waals surface area contributed by atoms with Gasteiger partial charge in [0, 0.05) is 11.8 Å². The van der Waals surface area contributed by atoms with Gasteiger partial charge in [0.1, 0.15) is 17.2 Å². The van der Waals surface area contributed by atoms with Gasteiger partial charge in [-0.2, -0.15) is 0 Å². The number of fused-ring (bicyclic) bond motifs is 1. The van der Waals surface area contributed by atoms with Crippen LogP contribution in [0, 0.1) is 5.82 Å². The average molecular weight is 244 g/mol. The molecule has 3 nitrogen and oxygen atoms in total. The normalized spacial score (nSPS) is 21.9. The zero-order valence-corrected chi connectivity index (χ0v) is 9.73. The van der Waals surface area contributed by atoms with Crippen LogP contribution in [0.25, 0.3) is 0 Å². The van der Waals surface area contributed by atoms with E-state index in [-0.39, 0.29) is 11.6 Å². The lowest BCUT2D eigenvalue weighted by atomic mass is 9.88. The largest absolute Gasteiger partial charge is 0.383 e. The fourth-order valence-corrected chi connectivity index (χ4v) is 2.69. The van der Waals surface area contributed by atoms with Gasteiger partial charge in [-0.15, -0.1) is 0 Å². The van der Waals surface area contributed by atoms with Crippen molar-refractivity contribution in [3.05, 3.63) is 59.0 Å². The summed E-state index contributed by atoms with van der Waals surface area (Å²) in [6, 6.07) is 8.23. The Hall–Kier alpha value is -1.94. The van der Waals surface area contributed by atoms with E-state index in [0.29, 0.717) is 29.5 Å². The van der Waals surface area contributed by atoms with Crippen LogP contribution in [0.3, 0.4) is 0 Å². The second-order valence-electron chi connectivity index (χ2n) is 4.56. The summed E-state index contributed by atoms with van der Waals surface area (Å²) in [6.07, 6.45) is 2.51. The molecule has 0 amide bonds. The molecule has 0 bridgehead atoms. The number of hydrogen-bond acceptors (Lipinski definition) is 3. The van der Waals surface area contributed by atoms with E-state index in [1.807, 2.05) is 0 Å². The van der Waals surface area contributed by atoms with Crippen LogP contribution in [0.1, 0.15) is 23.1 Å². The fraction of sp³-hybridized carbons (Fsp3) is 0.214. The molecular formula is C14H13FN2O. The maximum absolute atomic E-state index is 13.7. The number of rotatable bonds is 1. The number of benzene rings is 1. The monoisotopic (exact) mass is 244 g/mol. The SMILES string of the molecule is Nc1ncccc1C1(O)CCc2c(F)cccc21. The lowest BCUT2D eigenvalue weighted by Crippen LogP contribution is -2.25. The summed E-state index contributed by atoms with van der Waals surface area (Å²) in [7, 11) is 0. The van der Waals surface area contributed by atoms with Gasteiger partial charge >= 0.3 is 0 Å². The van der Waals surface area contributed by atoms with E-state index in [4.69, 9.17) is 5.73 Å². The van der Waals surface area contributed by atoms with Crippen molar-refractivity contribution in [3.8, 4) is 0 Å². The summed E-state index contributed by atoms with van der Waals surface area (Å²) >= 11 is 0. The molecule has 0 saturated carbocycles. The topological polar surface area (TPSA) is 59.1 Å². The molecule has 1 aliphatic rings. The predicted molar refractivity (Wildman–Crippen MR) is 66.4 cm³/mol. The second-order valence-corrected chi connectivity index (χ2v) is 4.56. The molecule has 3 N–H and O–H groups in total. The Kier molecular flexibility index (Phi) is 2.35. The van der Waals surface area contributed by atoms with Gasteiger partial charge in [-0.3, -0.25) is 0 Å². The molecule has 1 atom stereocenters. The van der Waals surface area contributed by atoms with Crippen molar-refractivity contribution in [1.82, 2.24) is 4.98 Å². The number of aromatic nitrogens is 1. The molecule has 4 heteroatoms. The quantitative estimate of drug-likeness (QED) is 0.806. The Balaban J connectivity index is 2.21. The molecule has 1 aromatic heterocycles. The predicted octanol–water partition coefficient (Wildman–Crippen LogP) is 1.98. The molecule has 0 saturated heterocycles. The lowest BCUT2D eigenvalue weighted by Gasteiger charge is -2.25. The van der Waals surface area contributed by atoms with Crippen molar-refractivity contribution < 1.29 is 9.50 Å². The summed E-state index contributed by atoms with van der Waals surface area (Å²) in [5.74, 6) is 0.0167. The molecular weight excluding hydrogens is 231 g/mol. The van der Waals surface area contributed by atoms with E-state index in [1.54, 1.807) is 30.5 Å². The summed E-state index contributed by atoms with van der Waals surface area (Å²) in [5, 5.41) is 10.8. The summed E-state index contributed by atoms with van der Waals surface area (Å²) < 4.78 is 13.7.